The zero-order chi connectivity index (χ0) is 26.0. The number of imidazole rings is 1. The van der Waals surface area contributed by atoms with E-state index in [4.69, 9.17) is 9.47 Å². The highest BCUT2D eigenvalue weighted by atomic mass is 16.5. The quantitative estimate of drug-likeness (QED) is 0.405. The minimum absolute atomic E-state index is 0.143. The summed E-state index contributed by atoms with van der Waals surface area (Å²) >= 11 is 0. The third kappa shape index (κ3) is 5.07. The van der Waals surface area contributed by atoms with Crippen molar-refractivity contribution in [3.63, 3.8) is 0 Å². The van der Waals surface area contributed by atoms with E-state index >= 15 is 0 Å². The highest BCUT2D eigenvalue weighted by Crippen LogP contribution is 2.29. The van der Waals surface area contributed by atoms with Gasteiger partial charge in [-0.1, -0.05) is 0 Å². The van der Waals surface area contributed by atoms with Gasteiger partial charge in [0.05, 0.1) is 26.3 Å². The number of amides is 1. The Morgan fingerprint density at radius 3 is 2.19 bits per heavy atom. The van der Waals surface area contributed by atoms with Crippen LogP contribution in [-0.2, 0) is 18.3 Å². The SMILES string of the molecule is COc1cc(OC)cc(C(NC(=O)Cc2c(C)nn(-c3nc(C)cc(C)n3)c2C)c2nccn2C)c1. The topological polar surface area (TPSA) is 109 Å². The van der Waals surface area contributed by atoms with E-state index in [1.54, 1.807) is 31.2 Å². The number of nitrogens with zero attached hydrogens (tertiary/aromatic N) is 6. The van der Waals surface area contributed by atoms with E-state index in [-0.39, 0.29) is 12.3 Å². The summed E-state index contributed by atoms with van der Waals surface area (Å²) in [6.45, 7) is 7.65. The van der Waals surface area contributed by atoms with Gasteiger partial charge in [0, 0.05) is 48.2 Å². The molecular formula is C26H31N7O3. The normalized spacial score (nSPS) is 11.9. The average molecular weight is 490 g/mol. The van der Waals surface area contributed by atoms with Gasteiger partial charge in [-0.05, 0) is 51.5 Å². The first kappa shape index (κ1) is 24.9. The fourth-order valence-corrected chi connectivity index (χ4v) is 4.25. The molecule has 1 atom stereocenters. The lowest BCUT2D eigenvalue weighted by Crippen LogP contribution is -2.32. The van der Waals surface area contributed by atoms with Gasteiger partial charge in [-0.2, -0.15) is 5.10 Å². The van der Waals surface area contributed by atoms with Crippen LogP contribution < -0.4 is 14.8 Å². The minimum Gasteiger partial charge on any atom is -0.497 e. The van der Waals surface area contributed by atoms with Crippen molar-refractivity contribution in [2.24, 2.45) is 7.05 Å². The molecule has 1 unspecified atom stereocenters. The van der Waals surface area contributed by atoms with Crippen LogP contribution in [0.5, 0.6) is 11.5 Å². The zero-order valence-corrected chi connectivity index (χ0v) is 21.7. The molecule has 0 bridgehead atoms. The first-order valence-corrected chi connectivity index (χ1v) is 11.6. The van der Waals surface area contributed by atoms with Gasteiger partial charge in [-0.15, -0.1) is 0 Å². The van der Waals surface area contributed by atoms with Crippen molar-refractivity contribution >= 4 is 5.91 Å². The largest absolute Gasteiger partial charge is 0.497 e. The molecule has 0 aliphatic rings. The Kier molecular flexibility index (Phi) is 7.05. The van der Waals surface area contributed by atoms with Gasteiger partial charge < -0.3 is 19.4 Å². The summed E-state index contributed by atoms with van der Waals surface area (Å²) in [6, 6.07) is 6.92. The number of hydrogen-bond acceptors (Lipinski definition) is 7. The molecule has 0 aliphatic carbocycles. The molecule has 0 spiro atoms. The van der Waals surface area contributed by atoms with Crippen molar-refractivity contribution in [1.82, 2.24) is 34.6 Å². The molecule has 36 heavy (non-hydrogen) atoms. The molecule has 4 rings (SSSR count). The van der Waals surface area contributed by atoms with Gasteiger partial charge in [-0.25, -0.2) is 19.6 Å². The Morgan fingerprint density at radius 2 is 1.64 bits per heavy atom. The number of rotatable bonds is 8. The summed E-state index contributed by atoms with van der Waals surface area (Å²) < 4.78 is 14.5. The molecular weight excluding hydrogens is 458 g/mol. The Balaban J connectivity index is 1.65. The predicted molar refractivity (Wildman–Crippen MR) is 135 cm³/mol. The first-order valence-electron chi connectivity index (χ1n) is 11.6. The van der Waals surface area contributed by atoms with Crippen LogP contribution >= 0.6 is 0 Å². The molecule has 0 aliphatic heterocycles. The van der Waals surface area contributed by atoms with E-state index in [9.17, 15) is 4.79 Å². The lowest BCUT2D eigenvalue weighted by Gasteiger charge is -2.20. The van der Waals surface area contributed by atoms with Crippen molar-refractivity contribution in [3.8, 4) is 17.4 Å². The molecule has 3 heterocycles. The van der Waals surface area contributed by atoms with E-state index in [2.05, 4.69) is 25.4 Å². The maximum Gasteiger partial charge on any atom is 0.251 e. The number of nitrogens with one attached hydrogen (secondary N) is 1. The second kappa shape index (κ2) is 10.2. The van der Waals surface area contributed by atoms with Crippen LogP contribution in [0.3, 0.4) is 0 Å². The van der Waals surface area contributed by atoms with Crippen LogP contribution in [-0.4, -0.2) is 49.4 Å². The van der Waals surface area contributed by atoms with Crippen LogP contribution in [0.2, 0.25) is 0 Å². The zero-order valence-electron chi connectivity index (χ0n) is 21.7. The predicted octanol–water partition coefficient (Wildman–Crippen LogP) is 3.09. The van der Waals surface area contributed by atoms with Crippen molar-refractivity contribution in [2.75, 3.05) is 14.2 Å². The summed E-state index contributed by atoms with van der Waals surface area (Å²) in [5, 5.41) is 7.77. The summed E-state index contributed by atoms with van der Waals surface area (Å²) in [6.07, 6.45) is 3.69. The molecule has 10 heteroatoms. The van der Waals surface area contributed by atoms with Crippen LogP contribution in [0, 0.1) is 27.7 Å². The van der Waals surface area contributed by atoms with Crippen LogP contribution in [0.25, 0.3) is 5.95 Å². The summed E-state index contributed by atoms with van der Waals surface area (Å²) in [5.74, 6) is 2.26. The number of methoxy groups -OCH3 is 2. The van der Waals surface area contributed by atoms with E-state index in [0.29, 0.717) is 23.3 Å². The molecule has 188 valence electrons. The first-order chi connectivity index (χ1) is 17.2. The van der Waals surface area contributed by atoms with Gasteiger partial charge in [0.15, 0.2) is 0 Å². The van der Waals surface area contributed by atoms with Crippen LogP contribution in [0.15, 0.2) is 36.7 Å². The fourth-order valence-electron chi connectivity index (χ4n) is 4.25. The lowest BCUT2D eigenvalue weighted by atomic mass is 10.0. The maximum atomic E-state index is 13.4. The Labute approximate surface area is 210 Å². The minimum atomic E-state index is -0.514. The molecule has 3 aromatic heterocycles. The van der Waals surface area contributed by atoms with Crippen molar-refractivity contribution in [2.45, 2.75) is 40.2 Å². The van der Waals surface area contributed by atoms with Gasteiger partial charge in [0.2, 0.25) is 5.91 Å². The second-order valence-corrected chi connectivity index (χ2v) is 8.73. The molecule has 0 saturated heterocycles. The van der Waals surface area contributed by atoms with Crippen molar-refractivity contribution in [1.29, 1.82) is 0 Å². The second-order valence-electron chi connectivity index (χ2n) is 8.73. The fraction of sp³-hybridized carbons (Fsp3) is 0.346. The number of hydrogen-bond donors (Lipinski definition) is 1. The van der Waals surface area contributed by atoms with E-state index in [1.165, 1.54) is 0 Å². The van der Waals surface area contributed by atoms with Crippen molar-refractivity contribution in [3.05, 3.63) is 76.4 Å². The van der Waals surface area contributed by atoms with Crippen molar-refractivity contribution < 1.29 is 14.3 Å². The Morgan fingerprint density at radius 1 is 1.00 bits per heavy atom. The average Bonchev–Trinajstić information content (AvgIpc) is 3.39. The molecule has 4 aromatic rings. The third-order valence-electron chi connectivity index (χ3n) is 6.07. The molecule has 1 aromatic carbocycles. The van der Waals surface area contributed by atoms with Crippen LogP contribution in [0.1, 0.15) is 45.8 Å². The summed E-state index contributed by atoms with van der Waals surface area (Å²) in [7, 11) is 5.08. The number of carbonyl (C=O) groups excluding carboxylic acids is 1. The lowest BCUT2D eigenvalue weighted by molar-refractivity contribution is -0.121. The smallest absolute Gasteiger partial charge is 0.251 e. The van der Waals surface area contributed by atoms with E-state index in [0.717, 1.165) is 33.9 Å². The molecule has 1 amide bonds. The molecule has 0 radical (unpaired) electrons. The number of aryl methyl sites for hydroxylation is 4. The highest BCUT2D eigenvalue weighted by molar-refractivity contribution is 5.80. The summed E-state index contributed by atoms with van der Waals surface area (Å²) in [4.78, 5) is 26.9. The maximum absolute atomic E-state index is 13.4. The summed E-state index contributed by atoms with van der Waals surface area (Å²) in [5.41, 5.74) is 4.91. The number of ether oxygens (including phenoxy) is 2. The molecule has 0 fully saturated rings. The highest BCUT2D eigenvalue weighted by Gasteiger charge is 2.24. The van der Waals surface area contributed by atoms with Gasteiger partial charge in [0.1, 0.15) is 23.4 Å². The number of aromatic nitrogens is 6. The molecule has 1 N–H and O–H groups in total. The van der Waals surface area contributed by atoms with E-state index < -0.39 is 6.04 Å². The van der Waals surface area contributed by atoms with Gasteiger partial charge >= 0.3 is 0 Å². The number of carbonyl (C=O) groups is 1. The molecule has 0 saturated carbocycles. The van der Waals surface area contributed by atoms with Gasteiger partial charge in [-0.3, -0.25) is 4.79 Å². The third-order valence-corrected chi connectivity index (χ3v) is 6.07. The Bertz CT molecular complexity index is 1360. The van der Waals surface area contributed by atoms with E-state index in [1.807, 2.05) is 63.7 Å². The monoisotopic (exact) mass is 489 g/mol. The van der Waals surface area contributed by atoms with Gasteiger partial charge in [0.25, 0.3) is 5.95 Å². The Hall–Kier alpha value is -4.21. The van der Waals surface area contributed by atoms with Crippen LogP contribution in [0.4, 0.5) is 0 Å². The standard InChI is InChI=1S/C26H31N7O3/c1-15-10-16(2)29-26(28-15)33-18(4)22(17(3)31-33)14-23(34)30-24(25-27-8-9-32(25)5)19-11-20(35-6)13-21(12-19)36-7/h8-13,24H,14H2,1-7H3,(H,30,34). The molecule has 10 nitrogen and oxygen atoms in total. The number of benzene rings is 1.